The molecule has 0 heterocycles. The molecule has 0 aromatic heterocycles. The third-order valence-electron chi connectivity index (χ3n) is 1.05. The SMILES string of the molecule is COC(=O)/C=C/C=C/C(C)(C)O. The van der Waals surface area contributed by atoms with Gasteiger partial charge in [-0.15, -0.1) is 0 Å². The molecule has 0 aliphatic heterocycles. The highest BCUT2D eigenvalue weighted by molar-refractivity contribution is 5.82. The second-order valence-electron chi connectivity index (χ2n) is 2.90. The van der Waals surface area contributed by atoms with E-state index in [-0.39, 0.29) is 0 Å². The number of ether oxygens (including phenoxy) is 1. The van der Waals surface area contributed by atoms with Gasteiger partial charge in [0, 0.05) is 6.08 Å². The maximum absolute atomic E-state index is 10.5. The van der Waals surface area contributed by atoms with Gasteiger partial charge in [-0.2, -0.15) is 0 Å². The van der Waals surface area contributed by atoms with E-state index < -0.39 is 11.6 Å². The van der Waals surface area contributed by atoms with E-state index >= 15 is 0 Å². The maximum Gasteiger partial charge on any atom is 0.330 e. The Morgan fingerprint density at radius 3 is 2.42 bits per heavy atom. The summed E-state index contributed by atoms with van der Waals surface area (Å²) < 4.78 is 4.36. The molecule has 0 saturated carbocycles. The Bertz CT molecular complexity index is 196. The molecule has 0 amide bonds. The molecule has 0 spiro atoms. The molecule has 0 radical (unpaired) electrons. The van der Waals surface area contributed by atoms with E-state index in [4.69, 9.17) is 0 Å². The van der Waals surface area contributed by atoms with Crippen molar-refractivity contribution in [2.45, 2.75) is 19.4 Å². The van der Waals surface area contributed by atoms with Crippen LogP contribution in [0.4, 0.5) is 0 Å². The Hall–Kier alpha value is -1.09. The average molecular weight is 170 g/mol. The van der Waals surface area contributed by atoms with Gasteiger partial charge in [-0.3, -0.25) is 0 Å². The molecule has 0 atom stereocenters. The van der Waals surface area contributed by atoms with Crippen LogP contribution in [0.5, 0.6) is 0 Å². The van der Waals surface area contributed by atoms with Crippen LogP contribution in [0.3, 0.4) is 0 Å². The molecule has 3 heteroatoms. The fraction of sp³-hybridized carbons (Fsp3) is 0.444. The first-order valence-corrected chi connectivity index (χ1v) is 3.62. The second kappa shape index (κ2) is 4.72. The van der Waals surface area contributed by atoms with Crippen LogP contribution < -0.4 is 0 Å². The Morgan fingerprint density at radius 2 is 2.00 bits per heavy atom. The third-order valence-corrected chi connectivity index (χ3v) is 1.05. The zero-order chi connectivity index (χ0) is 9.61. The van der Waals surface area contributed by atoms with E-state index in [0.29, 0.717) is 0 Å². The Morgan fingerprint density at radius 1 is 1.42 bits per heavy atom. The Labute approximate surface area is 72.3 Å². The van der Waals surface area contributed by atoms with Gasteiger partial charge in [-0.25, -0.2) is 4.79 Å². The number of methoxy groups -OCH3 is 1. The van der Waals surface area contributed by atoms with Crippen LogP contribution in [0.1, 0.15) is 13.8 Å². The van der Waals surface area contributed by atoms with Crippen molar-refractivity contribution in [3.05, 3.63) is 24.3 Å². The van der Waals surface area contributed by atoms with Crippen molar-refractivity contribution in [1.82, 2.24) is 0 Å². The topological polar surface area (TPSA) is 46.5 Å². The van der Waals surface area contributed by atoms with E-state index in [1.54, 1.807) is 26.0 Å². The van der Waals surface area contributed by atoms with Gasteiger partial charge < -0.3 is 9.84 Å². The van der Waals surface area contributed by atoms with E-state index in [0.717, 1.165) is 0 Å². The summed E-state index contributed by atoms with van der Waals surface area (Å²) in [7, 11) is 1.31. The normalized spacial score (nSPS) is 12.7. The number of esters is 1. The molecule has 0 aliphatic rings. The minimum atomic E-state index is -0.847. The summed E-state index contributed by atoms with van der Waals surface area (Å²) in [5.41, 5.74) is -0.847. The third kappa shape index (κ3) is 7.02. The standard InChI is InChI=1S/C9H14O3/c1-9(2,11)7-5-4-6-8(10)12-3/h4-7,11H,1-3H3/b6-4+,7-5+. The summed E-state index contributed by atoms with van der Waals surface area (Å²) in [5.74, 6) is -0.407. The van der Waals surface area contributed by atoms with Crippen molar-refractivity contribution >= 4 is 5.97 Å². The zero-order valence-corrected chi connectivity index (χ0v) is 7.57. The summed E-state index contributed by atoms with van der Waals surface area (Å²) in [5, 5.41) is 9.20. The number of carbonyl (C=O) groups excluding carboxylic acids is 1. The number of rotatable bonds is 3. The lowest BCUT2D eigenvalue weighted by atomic mass is 10.1. The first kappa shape index (κ1) is 10.9. The van der Waals surface area contributed by atoms with Gasteiger partial charge in [-0.05, 0) is 13.8 Å². The van der Waals surface area contributed by atoms with E-state index in [1.807, 2.05) is 0 Å². The van der Waals surface area contributed by atoms with E-state index in [2.05, 4.69) is 4.74 Å². The first-order chi connectivity index (χ1) is 5.45. The van der Waals surface area contributed by atoms with Crippen molar-refractivity contribution < 1.29 is 14.6 Å². The highest BCUT2D eigenvalue weighted by Gasteiger charge is 2.04. The molecule has 0 bridgehead atoms. The van der Waals surface area contributed by atoms with Crippen LogP contribution >= 0.6 is 0 Å². The predicted molar refractivity (Wildman–Crippen MR) is 46.6 cm³/mol. The molecule has 0 aromatic rings. The van der Waals surface area contributed by atoms with Crippen molar-refractivity contribution in [1.29, 1.82) is 0 Å². The fourth-order valence-electron chi connectivity index (χ4n) is 0.493. The summed E-state index contributed by atoms with van der Waals surface area (Å²) in [6, 6.07) is 0. The lowest BCUT2D eigenvalue weighted by Gasteiger charge is -2.08. The molecule has 0 fully saturated rings. The number of carbonyl (C=O) groups is 1. The van der Waals surface area contributed by atoms with Gasteiger partial charge >= 0.3 is 5.97 Å². The van der Waals surface area contributed by atoms with Crippen LogP contribution in [-0.4, -0.2) is 23.8 Å². The fourth-order valence-corrected chi connectivity index (χ4v) is 0.493. The largest absolute Gasteiger partial charge is 0.466 e. The molecule has 0 aromatic carbocycles. The maximum atomic E-state index is 10.5. The first-order valence-electron chi connectivity index (χ1n) is 3.62. The molecule has 68 valence electrons. The van der Waals surface area contributed by atoms with Gasteiger partial charge in [0.1, 0.15) is 0 Å². The number of hydrogen-bond donors (Lipinski definition) is 1. The molecule has 0 aliphatic carbocycles. The van der Waals surface area contributed by atoms with E-state index in [9.17, 15) is 9.90 Å². The van der Waals surface area contributed by atoms with Gasteiger partial charge in [-0.1, -0.05) is 18.2 Å². The molecule has 1 N–H and O–H groups in total. The summed E-state index contributed by atoms with van der Waals surface area (Å²) in [4.78, 5) is 10.5. The lowest BCUT2D eigenvalue weighted by Crippen LogP contribution is -2.13. The molecule has 0 rings (SSSR count). The lowest BCUT2D eigenvalue weighted by molar-refractivity contribution is -0.134. The van der Waals surface area contributed by atoms with Crippen molar-refractivity contribution in [3.8, 4) is 0 Å². The molecule has 0 unspecified atom stereocenters. The zero-order valence-electron chi connectivity index (χ0n) is 7.57. The van der Waals surface area contributed by atoms with Crippen LogP contribution in [0.15, 0.2) is 24.3 Å². The van der Waals surface area contributed by atoms with Gasteiger partial charge in [0.25, 0.3) is 0 Å². The van der Waals surface area contributed by atoms with Crippen molar-refractivity contribution in [2.75, 3.05) is 7.11 Å². The number of allylic oxidation sites excluding steroid dienone is 2. The van der Waals surface area contributed by atoms with Crippen molar-refractivity contribution in [3.63, 3.8) is 0 Å². The van der Waals surface area contributed by atoms with Gasteiger partial charge in [0.15, 0.2) is 0 Å². The predicted octanol–water partition coefficient (Wildman–Crippen LogP) is 1.04. The van der Waals surface area contributed by atoms with E-state index in [1.165, 1.54) is 19.3 Å². The van der Waals surface area contributed by atoms with Gasteiger partial charge in [0.05, 0.1) is 12.7 Å². The van der Waals surface area contributed by atoms with Crippen molar-refractivity contribution in [2.24, 2.45) is 0 Å². The summed E-state index contributed by atoms with van der Waals surface area (Å²) in [6.07, 6.45) is 5.97. The molecular formula is C9H14O3. The molecule has 0 saturated heterocycles. The minimum Gasteiger partial charge on any atom is -0.466 e. The number of aliphatic hydroxyl groups is 1. The summed E-state index contributed by atoms with van der Waals surface area (Å²) >= 11 is 0. The minimum absolute atomic E-state index is 0.407. The van der Waals surface area contributed by atoms with Crippen LogP contribution in [0.2, 0.25) is 0 Å². The smallest absolute Gasteiger partial charge is 0.330 e. The molecule has 3 nitrogen and oxygen atoms in total. The number of hydrogen-bond acceptors (Lipinski definition) is 3. The molecular weight excluding hydrogens is 156 g/mol. The average Bonchev–Trinajstić information content (AvgIpc) is 1.96. The van der Waals surface area contributed by atoms with Crippen LogP contribution in [-0.2, 0) is 9.53 Å². The monoisotopic (exact) mass is 170 g/mol. The second-order valence-corrected chi connectivity index (χ2v) is 2.90. The highest BCUT2D eigenvalue weighted by atomic mass is 16.5. The summed E-state index contributed by atoms with van der Waals surface area (Å²) in [6.45, 7) is 3.30. The van der Waals surface area contributed by atoms with Gasteiger partial charge in [0.2, 0.25) is 0 Å². The highest BCUT2D eigenvalue weighted by Crippen LogP contribution is 2.01. The quantitative estimate of drug-likeness (QED) is 0.391. The Balaban J connectivity index is 3.90. The Kier molecular flexibility index (Phi) is 4.29. The molecule has 12 heavy (non-hydrogen) atoms. The van der Waals surface area contributed by atoms with Crippen LogP contribution in [0.25, 0.3) is 0 Å². The van der Waals surface area contributed by atoms with Crippen LogP contribution in [0, 0.1) is 0 Å².